The summed E-state index contributed by atoms with van der Waals surface area (Å²) in [5.74, 6) is 0.580. The fourth-order valence-electron chi connectivity index (χ4n) is 5.84. The molecule has 1 aliphatic carbocycles. The highest BCUT2D eigenvalue weighted by Gasteiger charge is 2.59. The van der Waals surface area contributed by atoms with Crippen molar-refractivity contribution in [2.45, 2.75) is 6.18 Å². The summed E-state index contributed by atoms with van der Waals surface area (Å²) in [7, 11) is 0. The SMILES string of the molecule is O=C(c1cnc(OCC(F)(F)F)c(Cl)c1)N1C[C@@H]2[C@H](C1)[C@H]1CN(C(=O)c3ccc4[nH]nnc4c3)C[C@@H]21. The molecule has 3 aromatic rings. The predicted octanol–water partition coefficient (Wildman–Crippen LogP) is 3.04. The predicted molar refractivity (Wildman–Crippen MR) is 120 cm³/mol. The van der Waals surface area contributed by atoms with E-state index in [0.717, 1.165) is 5.52 Å². The number of alkyl halides is 3. The number of nitrogens with one attached hydrogen (secondary N) is 1. The van der Waals surface area contributed by atoms with Crippen LogP contribution in [0.2, 0.25) is 5.02 Å². The average Bonchev–Trinajstić information content (AvgIpc) is 3.55. The molecule has 4 heterocycles. The molecule has 1 aromatic carbocycles. The van der Waals surface area contributed by atoms with Crippen LogP contribution in [0.1, 0.15) is 20.7 Å². The van der Waals surface area contributed by atoms with E-state index in [9.17, 15) is 22.8 Å². The molecule has 9 nitrogen and oxygen atoms in total. The lowest BCUT2D eigenvalue weighted by atomic mass is 9.60. The van der Waals surface area contributed by atoms with Crippen molar-refractivity contribution < 1.29 is 27.5 Å². The zero-order valence-electron chi connectivity index (χ0n) is 18.7. The van der Waals surface area contributed by atoms with Gasteiger partial charge in [-0.15, -0.1) is 5.10 Å². The van der Waals surface area contributed by atoms with Crippen LogP contribution in [0.4, 0.5) is 13.2 Å². The third kappa shape index (κ3) is 3.93. The fraction of sp³-hybridized carbons (Fsp3) is 0.435. The van der Waals surface area contributed by atoms with Crippen molar-refractivity contribution in [3.8, 4) is 5.88 Å². The molecule has 1 saturated carbocycles. The van der Waals surface area contributed by atoms with Gasteiger partial charge < -0.3 is 14.5 Å². The molecule has 0 radical (unpaired) electrons. The zero-order chi connectivity index (χ0) is 25.2. The van der Waals surface area contributed by atoms with Crippen molar-refractivity contribution in [3.63, 3.8) is 0 Å². The van der Waals surface area contributed by atoms with Crippen LogP contribution in [-0.4, -0.2) is 81.0 Å². The highest BCUT2D eigenvalue weighted by molar-refractivity contribution is 6.32. The van der Waals surface area contributed by atoms with Crippen LogP contribution in [0, 0.1) is 23.7 Å². The Morgan fingerprint density at radius 3 is 2.19 bits per heavy atom. The number of hydrogen-bond acceptors (Lipinski definition) is 6. The second-order valence-corrected chi connectivity index (χ2v) is 9.94. The number of pyridine rings is 1. The number of halogens is 4. The molecule has 6 rings (SSSR count). The van der Waals surface area contributed by atoms with E-state index in [-0.39, 0.29) is 28.3 Å². The first-order valence-corrected chi connectivity index (χ1v) is 11.8. The lowest BCUT2D eigenvalue weighted by Gasteiger charge is -2.42. The number of benzene rings is 1. The molecular weight excluding hydrogens is 501 g/mol. The summed E-state index contributed by atoms with van der Waals surface area (Å²) >= 11 is 6.01. The first-order valence-electron chi connectivity index (χ1n) is 11.4. The van der Waals surface area contributed by atoms with Gasteiger partial charge in [0.05, 0.1) is 11.1 Å². The maximum absolute atomic E-state index is 13.1. The van der Waals surface area contributed by atoms with Gasteiger partial charge in [0.25, 0.3) is 11.8 Å². The topological polar surface area (TPSA) is 104 Å². The molecule has 2 aliphatic heterocycles. The number of aromatic amines is 1. The minimum absolute atomic E-state index is 0.0335. The molecule has 0 spiro atoms. The zero-order valence-corrected chi connectivity index (χ0v) is 19.5. The number of likely N-dealkylation sites (tertiary alicyclic amines) is 2. The van der Waals surface area contributed by atoms with Crippen molar-refractivity contribution in [3.05, 3.63) is 46.6 Å². The number of rotatable bonds is 4. The Labute approximate surface area is 207 Å². The lowest BCUT2D eigenvalue weighted by molar-refractivity contribution is -0.154. The molecule has 2 saturated heterocycles. The van der Waals surface area contributed by atoms with E-state index >= 15 is 0 Å². The molecule has 3 aliphatic rings. The molecule has 0 bridgehead atoms. The van der Waals surface area contributed by atoms with Crippen LogP contribution in [0.5, 0.6) is 5.88 Å². The number of amides is 2. The molecule has 3 fully saturated rings. The number of carbonyl (C=O) groups is 2. The van der Waals surface area contributed by atoms with Gasteiger partial charge >= 0.3 is 6.18 Å². The third-order valence-electron chi connectivity index (χ3n) is 7.50. The largest absolute Gasteiger partial charge is 0.467 e. The smallest absolute Gasteiger partial charge is 0.422 e. The van der Waals surface area contributed by atoms with Crippen LogP contribution in [0.3, 0.4) is 0 Å². The Hall–Kier alpha value is -3.41. The molecule has 4 atom stereocenters. The number of fused-ring (bicyclic) bond motifs is 5. The standard InChI is InChI=1S/C23H20ClF3N6O3/c24-17-3-12(5-28-20(17)36-10-23(25,26)27)22(35)33-8-15-13-6-32(7-14(13)16(15)9-33)21(34)11-1-2-18-19(4-11)30-31-29-18/h1-5,13-16H,6-10H2,(H,29,30,31)/t13-,14+,15+,16-. The van der Waals surface area contributed by atoms with Gasteiger partial charge in [-0.2, -0.15) is 13.2 Å². The quantitative estimate of drug-likeness (QED) is 0.567. The Bertz CT molecular complexity index is 1340. The summed E-state index contributed by atoms with van der Waals surface area (Å²) in [5.41, 5.74) is 2.19. The lowest BCUT2D eigenvalue weighted by Crippen LogP contribution is -2.44. The summed E-state index contributed by atoms with van der Waals surface area (Å²) in [5, 5.41) is 10.3. The molecular formula is C23H20ClF3N6O3. The van der Waals surface area contributed by atoms with Gasteiger partial charge in [-0.25, -0.2) is 4.98 Å². The Morgan fingerprint density at radius 1 is 1.00 bits per heavy atom. The molecule has 13 heteroatoms. The highest BCUT2D eigenvalue weighted by Crippen LogP contribution is 2.54. The van der Waals surface area contributed by atoms with E-state index in [4.69, 9.17) is 11.6 Å². The van der Waals surface area contributed by atoms with E-state index in [0.29, 0.717) is 60.9 Å². The number of nitrogens with zero attached hydrogens (tertiary/aromatic N) is 5. The Kier molecular flexibility index (Phi) is 5.32. The number of hydrogen-bond donors (Lipinski definition) is 1. The highest BCUT2D eigenvalue weighted by atomic mass is 35.5. The van der Waals surface area contributed by atoms with Gasteiger partial charge in [0.15, 0.2) is 6.61 Å². The molecule has 0 unspecified atom stereocenters. The van der Waals surface area contributed by atoms with Crippen LogP contribution in [-0.2, 0) is 0 Å². The van der Waals surface area contributed by atoms with Gasteiger partial charge in [0.1, 0.15) is 10.5 Å². The summed E-state index contributed by atoms with van der Waals surface area (Å²) in [4.78, 5) is 33.5. The van der Waals surface area contributed by atoms with Crippen LogP contribution >= 0.6 is 11.6 Å². The average molecular weight is 521 g/mol. The van der Waals surface area contributed by atoms with Crippen molar-refractivity contribution in [2.24, 2.45) is 23.7 Å². The van der Waals surface area contributed by atoms with E-state index in [1.807, 2.05) is 4.90 Å². The van der Waals surface area contributed by atoms with Crippen molar-refractivity contribution in [1.29, 1.82) is 0 Å². The molecule has 36 heavy (non-hydrogen) atoms. The summed E-state index contributed by atoms with van der Waals surface area (Å²) in [6, 6.07) is 6.59. The van der Waals surface area contributed by atoms with Gasteiger partial charge in [-0.1, -0.05) is 16.8 Å². The maximum atomic E-state index is 13.1. The summed E-state index contributed by atoms with van der Waals surface area (Å²) < 4.78 is 41.7. The number of aromatic nitrogens is 4. The van der Waals surface area contributed by atoms with E-state index in [1.54, 1.807) is 23.1 Å². The van der Waals surface area contributed by atoms with E-state index in [1.165, 1.54) is 12.3 Å². The Morgan fingerprint density at radius 2 is 1.61 bits per heavy atom. The van der Waals surface area contributed by atoms with E-state index < -0.39 is 12.8 Å². The summed E-state index contributed by atoms with van der Waals surface area (Å²) in [6.45, 7) is 0.882. The first kappa shape index (κ1) is 23.0. The number of ether oxygens (including phenoxy) is 1. The van der Waals surface area contributed by atoms with Gasteiger partial charge in [0.2, 0.25) is 5.88 Å². The summed E-state index contributed by atoms with van der Waals surface area (Å²) in [6.07, 6.45) is -3.33. The van der Waals surface area contributed by atoms with Crippen molar-refractivity contribution in [2.75, 3.05) is 32.8 Å². The van der Waals surface area contributed by atoms with E-state index in [2.05, 4.69) is 25.1 Å². The Balaban J connectivity index is 1.08. The first-order chi connectivity index (χ1) is 17.2. The maximum Gasteiger partial charge on any atom is 0.422 e. The minimum atomic E-state index is -4.52. The molecule has 2 amide bonds. The number of H-pyrrole nitrogens is 1. The van der Waals surface area contributed by atoms with Gasteiger partial charge in [-0.3, -0.25) is 14.7 Å². The third-order valence-corrected chi connectivity index (χ3v) is 7.77. The van der Waals surface area contributed by atoms with Gasteiger partial charge in [-0.05, 0) is 47.9 Å². The minimum Gasteiger partial charge on any atom is -0.467 e. The second kappa shape index (κ2) is 8.32. The van der Waals surface area contributed by atoms with Gasteiger partial charge in [0, 0.05) is 37.9 Å². The molecule has 1 N–H and O–H groups in total. The van der Waals surface area contributed by atoms with Crippen LogP contribution in [0.15, 0.2) is 30.5 Å². The van der Waals surface area contributed by atoms with Crippen LogP contribution < -0.4 is 4.74 Å². The fourth-order valence-corrected chi connectivity index (χ4v) is 6.07. The normalized spacial score (nSPS) is 25.0. The monoisotopic (exact) mass is 520 g/mol. The van der Waals surface area contributed by atoms with Crippen LogP contribution in [0.25, 0.3) is 11.0 Å². The second-order valence-electron chi connectivity index (χ2n) is 9.53. The number of carbonyl (C=O) groups excluding carboxylic acids is 2. The van der Waals surface area contributed by atoms with Crippen molar-refractivity contribution in [1.82, 2.24) is 30.2 Å². The molecule has 2 aromatic heterocycles. The van der Waals surface area contributed by atoms with Crippen molar-refractivity contribution >= 4 is 34.4 Å². The molecule has 188 valence electrons.